The number of hydrogen-bond donors (Lipinski definition) is 0. The van der Waals surface area contributed by atoms with Crippen molar-refractivity contribution >= 4 is 45.8 Å². The highest BCUT2D eigenvalue weighted by molar-refractivity contribution is 6.33. The van der Waals surface area contributed by atoms with E-state index in [9.17, 15) is 9.59 Å². The van der Waals surface area contributed by atoms with Gasteiger partial charge >= 0.3 is 5.97 Å². The molecule has 6 rings (SSSR count). The summed E-state index contributed by atoms with van der Waals surface area (Å²) in [5.41, 5.74) is 2.95. The Bertz CT molecular complexity index is 1510. The Morgan fingerprint density at radius 3 is 2.68 bits per heavy atom. The summed E-state index contributed by atoms with van der Waals surface area (Å²) in [6, 6.07) is 13.3. The van der Waals surface area contributed by atoms with Crippen LogP contribution in [-0.4, -0.2) is 42.6 Å². The zero-order valence-electron chi connectivity index (χ0n) is 20.1. The van der Waals surface area contributed by atoms with Gasteiger partial charge in [-0.05, 0) is 44.0 Å². The number of nitrogens with zero attached hydrogens (tertiary/aromatic N) is 3. The highest BCUT2D eigenvalue weighted by Gasteiger charge is 2.36. The van der Waals surface area contributed by atoms with Gasteiger partial charge in [-0.3, -0.25) is 9.78 Å². The summed E-state index contributed by atoms with van der Waals surface area (Å²) in [7, 11) is 0. The monoisotopic (exact) mass is 517 g/mol. The third-order valence-electron chi connectivity index (χ3n) is 6.63. The molecule has 2 aliphatic rings. The fourth-order valence-electron chi connectivity index (χ4n) is 4.73. The van der Waals surface area contributed by atoms with Crippen LogP contribution < -0.4 is 14.5 Å². The van der Waals surface area contributed by atoms with Gasteiger partial charge in [-0.2, -0.15) is 0 Å². The summed E-state index contributed by atoms with van der Waals surface area (Å²) in [5.74, 6) is -0.123. The van der Waals surface area contributed by atoms with Crippen molar-refractivity contribution in [2.45, 2.75) is 25.8 Å². The molecule has 8 nitrogen and oxygen atoms in total. The molecular formula is C28H24ClN3O5. The predicted octanol–water partition coefficient (Wildman–Crippen LogP) is 6.08. The van der Waals surface area contributed by atoms with Crippen molar-refractivity contribution < 1.29 is 23.5 Å². The molecule has 0 bridgehead atoms. The number of pyridine rings is 1. The quantitative estimate of drug-likeness (QED) is 0.286. The zero-order chi connectivity index (χ0) is 25.5. The number of esters is 1. The molecule has 1 fully saturated rings. The van der Waals surface area contributed by atoms with Gasteiger partial charge in [-0.15, -0.1) is 0 Å². The number of amides is 1. The third kappa shape index (κ3) is 4.27. The van der Waals surface area contributed by atoms with Crippen LogP contribution in [0.25, 0.3) is 11.0 Å². The number of fused-ring (bicyclic) bond motifs is 2. The maximum absolute atomic E-state index is 13.8. The molecule has 1 aliphatic carbocycles. The van der Waals surface area contributed by atoms with Crippen LogP contribution in [0.1, 0.15) is 40.5 Å². The molecule has 0 radical (unpaired) electrons. The van der Waals surface area contributed by atoms with Gasteiger partial charge in [0.1, 0.15) is 34.5 Å². The van der Waals surface area contributed by atoms with Crippen molar-refractivity contribution in [3.63, 3.8) is 0 Å². The second kappa shape index (κ2) is 9.44. The highest BCUT2D eigenvalue weighted by Crippen LogP contribution is 2.41. The molecule has 3 heterocycles. The minimum absolute atomic E-state index is 0.210. The molecule has 37 heavy (non-hydrogen) atoms. The Hall–Kier alpha value is -4.04. The lowest BCUT2D eigenvalue weighted by Gasteiger charge is -2.38. The lowest BCUT2D eigenvalue weighted by molar-refractivity contribution is 0.0527. The minimum Gasteiger partial charge on any atom is -0.463 e. The average molecular weight is 518 g/mol. The van der Waals surface area contributed by atoms with Crippen molar-refractivity contribution in [2.24, 2.45) is 0 Å². The van der Waals surface area contributed by atoms with Gasteiger partial charge in [-0.1, -0.05) is 23.7 Å². The summed E-state index contributed by atoms with van der Waals surface area (Å²) < 4.78 is 16.8. The Kier molecular flexibility index (Phi) is 5.96. The van der Waals surface area contributed by atoms with Crippen molar-refractivity contribution in [1.82, 2.24) is 4.98 Å². The van der Waals surface area contributed by atoms with Gasteiger partial charge in [0.15, 0.2) is 0 Å². The number of hydrogen-bond acceptors (Lipinski definition) is 7. The third-order valence-corrected chi connectivity index (χ3v) is 6.93. The van der Waals surface area contributed by atoms with E-state index in [0.29, 0.717) is 34.9 Å². The molecule has 2 aromatic carbocycles. The SMILES string of the molecule is CCOC(=O)c1coc2cc(Cl)c(Oc3ccncc3C(=O)N3CCN(C4CC4)c4ccccc43)cc12. The lowest BCUT2D eigenvalue weighted by atomic mass is 10.1. The largest absolute Gasteiger partial charge is 0.463 e. The second-order valence-electron chi connectivity index (χ2n) is 8.99. The first-order chi connectivity index (χ1) is 18.0. The van der Waals surface area contributed by atoms with Crippen LogP contribution in [0, 0.1) is 0 Å². The number of carbonyl (C=O) groups is 2. The van der Waals surface area contributed by atoms with Crippen molar-refractivity contribution in [3.8, 4) is 11.5 Å². The van der Waals surface area contributed by atoms with E-state index < -0.39 is 5.97 Å². The number of halogens is 1. The lowest BCUT2D eigenvalue weighted by Crippen LogP contribution is -2.45. The van der Waals surface area contributed by atoms with Crippen LogP contribution in [0.5, 0.6) is 11.5 Å². The Morgan fingerprint density at radius 2 is 1.89 bits per heavy atom. The maximum Gasteiger partial charge on any atom is 0.342 e. The number of aromatic nitrogens is 1. The maximum atomic E-state index is 13.8. The van der Waals surface area contributed by atoms with E-state index in [1.54, 1.807) is 36.2 Å². The van der Waals surface area contributed by atoms with Crippen LogP contribution in [0.2, 0.25) is 5.02 Å². The van der Waals surface area contributed by atoms with Crippen LogP contribution in [0.3, 0.4) is 0 Å². The highest BCUT2D eigenvalue weighted by atomic mass is 35.5. The topological polar surface area (TPSA) is 85.1 Å². The summed E-state index contributed by atoms with van der Waals surface area (Å²) in [6.07, 6.45) is 6.76. The molecule has 1 amide bonds. The number of para-hydroxylation sites is 2. The average Bonchev–Trinajstić information content (AvgIpc) is 3.68. The smallest absolute Gasteiger partial charge is 0.342 e. The van der Waals surface area contributed by atoms with E-state index in [1.165, 1.54) is 25.3 Å². The predicted molar refractivity (Wildman–Crippen MR) is 140 cm³/mol. The van der Waals surface area contributed by atoms with Crippen LogP contribution in [0.4, 0.5) is 11.4 Å². The van der Waals surface area contributed by atoms with Crippen molar-refractivity contribution in [2.75, 3.05) is 29.5 Å². The number of rotatable bonds is 6. The molecule has 1 aliphatic heterocycles. The Labute approximate surface area is 218 Å². The van der Waals surface area contributed by atoms with Crippen molar-refractivity contribution in [1.29, 1.82) is 0 Å². The second-order valence-corrected chi connectivity index (χ2v) is 9.40. The van der Waals surface area contributed by atoms with E-state index >= 15 is 0 Å². The normalized spacial score (nSPS) is 15.0. The van der Waals surface area contributed by atoms with Gasteiger partial charge in [0, 0.05) is 43.0 Å². The molecule has 0 atom stereocenters. The first kappa shape index (κ1) is 23.4. The number of anilines is 2. The number of furan rings is 1. The summed E-state index contributed by atoms with van der Waals surface area (Å²) >= 11 is 6.48. The van der Waals surface area contributed by atoms with E-state index in [2.05, 4.69) is 16.0 Å². The van der Waals surface area contributed by atoms with E-state index in [0.717, 1.165) is 17.9 Å². The molecule has 9 heteroatoms. The van der Waals surface area contributed by atoms with Crippen LogP contribution >= 0.6 is 11.6 Å². The Balaban J connectivity index is 1.33. The van der Waals surface area contributed by atoms with Crippen molar-refractivity contribution in [3.05, 3.63) is 77.3 Å². The molecule has 0 unspecified atom stereocenters. The molecule has 188 valence electrons. The van der Waals surface area contributed by atoms with Gasteiger partial charge in [-0.25, -0.2) is 4.79 Å². The van der Waals surface area contributed by atoms with Crippen LogP contribution in [0.15, 0.2) is 65.5 Å². The first-order valence-corrected chi connectivity index (χ1v) is 12.6. The number of carbonyl (C=O) groups excluding carboxylic acids is 2. The molecule has 2 aromatic heterocycles. The number of ether oxygens (including phenoxy) is 2. The van der Waals surface area contributed by atoms with E-state index in [-0.39, 0.29) is 28.8 Å². The minimum atomic E-state index is -0.502. The van der Waals surface area contributed by atoms with Gasteiger partial charge in [0.25, 0.3) is 5.91 Å². The molecular weight excluding hydrogens is 494 g/mol. The summed E-state index contributed by atoms with van der Waals surface area (Å²) in [5, 5.41) is 0.778. The standard InChI is InChI=1S/C28H24ClN3O5/c1-2-35-28(34)20-16-36-25-14-21(29)26(13-18(20)25)37-24-9-10-30-15-19(24)27(33)32-12-11-31(17-7-8-17)22-5-3-4-6-23(22)32/h3-6,9-10,13-17H,2,7-8,11-12H2,1H3. The molecule has 1 saturated carbocycles. The summed E-state index contributed by atoms with van der Waals surface area (Å²) in [6.45, 7) is 3.30. The van der Waals surface area contributed by atoms with Gasteiger partial charge < -0.3 is 23.7 Å². The number of benzene rings is 2. The van der Waals surface area contributed by atoms with E-state index in [1.807, 2.05) is 18.2 Å². The molecule has 0 N–H and O–H groups in total. The van der Waals surface area contributed by atoms with Gasteiger partial charge in [0.05, 0.1) is 23.0 Å². The fraction of sp³-hybridized carbons (Fsp3) is 0.250. The summed E-state index contributed by atoms with van der Waals surface area (Å²) in [4.78, 5) is 34.5. The Morgan fingerprint density at radius 1 is 1.08 bits per heavy atom. The van der Waals surface area contributed by atoms with E-state index in [4.69, 9.17) is 25.5 Å². The molecule has 0 spiro atoms. The van der Waals surface area contributed by atoms with Gasteiger partial charge in [0.2, 0.25) is 0 Å². The molecule has 0 saturated heterocycles. The fourth-order valence-corrected chi connectivity index (χ4v) is 4.92. The zero-order valence-corrected chi connectivity index (χ0v) is 20.9. The first-order valence-electron chi connectivity index (χ1n) is 12.2. The molecule has 4 aromatic rings. The van der Waals surface area contributed by atoms with Crippen LogP contribution in [-0.2, 0) is 4.74 Å².